The van der Waals surface area contributed by atoms with E-state index in [1.807, 2.05) is 0 Å². The second kappa shape index (κ2) is 4.71. The Morgan fingerprint density at radius 1 is 1.33 bits per heavy atom. The summed E-state index contributed by atoms with van der Waals surface area (Å²) in [7, 11) is -2.48. The van der Waals surface area contributed by atoms with Gasteiger partial charge >= 0.3 is 0 Å². The second-order valence-electron chi connectivity index (χ2n) is 4.99. The van der Waals surface area contributed by atoms with Crippen LogP contribution in [-0.2, 0) is 19.6 Å². The third-order valence-corrected chi connectivity index (χ3v) is 6.92. The summed E-state index contributed by atoms with van der Waals surface area (Å²) in [5, 5.41) is 0. The van der Waals surface area contributed by atoms with E-state index in [0.29, 0.717) is 16.3 Å². The fourth-order valence-corrected chi connectivity index (χ4v) is 5.74. The lowest BCUT2D eigenvalue weighted by molar-refractivity contribution is -0.128. The first kappa shape index (κ1) is 14.3. The number of anilines is 1. The fourth-order valence-electron chi connectivity index (χ4n) is 2.53. The molecule has 1 aromatic rings. The minimum atomic E-state index is -3.90. The van der Waals surface area contributed by atoms with Gasteiger partial charge in [0.2, 0.25) is 0 Å². The Morgan fingerprint density at radius 2 is 2.00 bits per heavy atom. The van der Waals surface area contributed by atoms with E-state index in [4.69, 9.17) is 0 Å². The molecule has 0 bridgehead atoms. The van der Waals surface area contributed by atoms with Crippen molar-refractivity contribution in [2.75, 3.05) is 17.1 Å². The molecule has 1 unspecified atom stereocenters. The van der Waals surface area contributed by atoms with Gasteiger partial charge in [-0.05, 0) is 13.0 Å². The summed E-state index contributed by atoms with van der Waals surface area (Å²) < 4.78 is 26.3. The highest BCUT2D eigenvalue weighted by Crippen LogP contribution is 2.48. The first-order valence-electron chi connectivity index (χ1n) is 6.35. The van der Waals surface area contributed by atoms with Crippen LogP contribution in [0.15, 0.2) is 29.2 Å². The molecule has 110 valence electrons. The number of ketones is 2. The lowest BCUT2D eigenvalue weighted by Gasteiger charge is -2.33. The summed E-state index contributed by atoms with van der Waals surface area (Å²) in [4.78, 5) is 24.3. The minimum Gasteiger partial charge on any atom is -0.299 e. The van der Waals surface area contributed by atoms with E-state index in [1.54, 1.807) is 24.3 Å². The molecule has 0 spiro atoms. The zero-order valence-electron chi connectivity index (χ0n) is 11.5. The maximum Gasteiger partial charge on any atom is 0.268 e. The predicted octanol–water partition coefficient (Wildman–Crippen LogP) is 1.66. The van der Waals surface area contributed by atoms with Crippen molar-refractivity contribution in [2.45, 2.75) is 6.92 Å². The quantitative estimate of drug-likeness (QED) is 0.735. The summed E-state index contributed by atoms with van der Waals surface area (Å²) in [5.41, 5.74) is 1.28. The molecule has 0 aliphatic carbocycles. The van der Waals surface area contributed by atoms with Gasteiger partial charge in [0.05, 0.1) is 11.6 Å². The number of thioether (sulfide) groups is 1. The van der Waals surface area contributed by atoms with Gasteiger partial charge in [-0.2, -0.15) is 0 Å². The van der Waals surface area contributed by atoms with Crippen LogP contribution in [0.4, 0.5) is 5.69 Å². The summed E-state index contributed by atoms with van der Waals surface area (Å²) >= 11 is 1.27. The van der Waals surface area contributed by atoms with Crippen LogP contribution in [0.2, 0.25) is 0 Å². The Hall–Kier alpha value is -1.60. The zero-order chi connectivity index (χ0) is 15.4. The molecule has 0 N–H and O–H groups in total. The van der Waals surface area contributed by atoms with Crippen molar-refractivity contribution in [1.29, 1.82) is 0 Å². The van der Waals surface area contributed by atoms with Crippen LogP contribution in [0.5, 0.6) is 0 Å². The number of hydrogen-bond donors (Lipinski definition) is 0. The number of rotatable bonds is 1. The molecule has 0 radical (unpaired) electrons. The number of allylic oxidation sites excluding steroid dienone is 1. The maximum atomic E-state index is 12.6. The van der Waals surface area contributed by atoms with Crippen molar-refractivity contribution >= 4 is 43.9 Å². The number of Topliss-reactive ketones (excluding diaryl/α,β-unsaturated/α-hetero) is 2. The van der Waals surface area contributed by atoms with Crippen LogP contribution in [-0.4, -0.2) is 32.8 Å². The Kier molecular flexibility index (Phi) is 3.22. The van der Waals surface area contributed by atoms with Crippen molar-refractivity contribution in [2.24, 2.45) is 5.92 Å². The Labute approximate surface area is 127 Å². The largest absolute Gasteiger partial charge is 0.299 e. The maximum absolute atomic E-state index is 12.6. The van der Waals surface area contributed by atoms with E-state index in [-0.39, 0.29) is 10.7 Å². The van der Waals surface area contributed by atoms with Crippen molar-refractivity contribution in [1.82, 2.24) is 0 Å². The molecule has 21 heavy (non-hydrogen) atoms. The molecule has 2 aliphatic heterocycles. The van der Waals surface area contributed by atoms with Gasteiger partial charge < -0.3 is 0 Å². The Morgan fingerprint density at radius 3 is 2.67 bits per heavy atom. The van der Waals surface area contributed by atoms with Gasteiger partial charge in [0.1, 0.15) is 10.7 Å². The topological polar surface area (TPSA) is 71.5 Å². The highest BCUT2D eigenvalue weighted by molar-refractivity contribution is 8.10. The molecular formula is C14H13NO4S2. The minimum absolute atomic E-state index is 0.236. The molecule has 1 aromatic carbocycles. The van der Waals surface area contributed by atoms with Gasteiger partial charge in [0.15, 0.2) is 5.78 Å². The van der Waals surface area contributed by atoms with Gasteiger partial charge in [0, 0.05) is 23.3 Å². The predicted molar refractivity (Wildman–Crippen MR) is 82.3 cm³/mol. The fraction of sp³-hybridized carbons (Fsp3) is 0.286. The normalized spacial score (nSPS) is 23.6. The number of sulfonamides is 1. The van der Waals surface area contributed by atoms with E-state index >= 15 is 0 Å². The lowest BCUT2D eigenvalue weighted by atomic mass is 9.99. The molecule has 2 aliphatic rings. The molecule has 0 aromatic heterocycles. The van der Waals surface area contributed by atoms with Gasteiger partial charge in [-0.25, -0.2) is 8.42 Å². The number of benzene rings is 1. The molecule has 2 heterocycles. The Balaban J connectivity index is 2.30. The average molecular weight is 323 g/mol. The summed E-state index contributed by atoms with van der Waals surface area (Å²) in [6, 6.07) is 7.06. The van der Waals surface area contributed by atoms with Gasteiger partial charge in [-0.1, -0.05) is 18.2 Å². The first-order chi connectivity index (χ1) is 9.85. The van der Waals surface area contributed by atoms with Crippen LogP contribution < -0.4 is 4.31 Å². The van der Waals surface area contributed by atoms with E-state index < -0.39 is 21.7 Å². The van der Waals surface area contributed by atoms with E-state index in [2.05, 4.69) is 0 Å². The lowest BCUT2D eigenvalue weighted by Crippen LogP contribution is -2.40. The van der Waals surface area contributed by atoms with Crippen LogP contribution in [0, 0.1) is 5.92 Å². The molecule has 1 atom stereocenters. The smallest absolute Gasteiger partial charge is 0.268 e. The summed E-state index contributed by atoms with van der Waals surface area (Å²) in [6.07, 6.45) is 0. The van der Waals surface area contributed by atoms with Crippen molar-refractivity contribution in [3.8, 4) is 0 Å². The highest BCUT2D eigenvalue weighted by Gasteiger charge is 2.45. The van der Waals surface area contributed by atoms with Gasteiger partial charge in [-0.15, -0.1) is 11.8 Å². The number of hydrogen-bond acceptors (Lipinski definition) is 5. The number of para-hydroxylation sites is 1. The van der Waals surface area contributed by atoms with E-state index in [9.17, 15) is 18.0 Å². The SMILES string of the molecule is CC(=O)C1CSC2=C(C1=O)S(=O)(=O)N(C)c1ccccc12. The van der Waals surface area contributed by atoms with Crippen LogP contribution in [0.1, 0.15) is 12.5 Å². The molecular weight excluding hydrogens is 310 g/mol. The van der Waals surface area contributed by atoms with Crippen molar-refractivity contribution in [3.63, 3.8) is 0 Å². The standard InChI is InChI=1S/C14H13NO4S2/c1-8(16)10-7-20-13-9-5-3-4-6-11(9)15(2)21(18,19)14(13)12(10)17/h3-6,10H,7H2,1-2H3. The average Bonchev–Trinajstić information content (AvgIpc) is 2.44. The van der Waals surface area contributed by atoms with Crippen molar-refractivity contribution in [3.05, 3.63) is 34.7 Å². The first-order valence-corrected chi connectivity index (χ1v) is 8.78. The number of carbonyl (C=O) groups is 2. The van der Waals surface area contributed by atoms with Crippen LogP contribution >= 0.6 is 11.8 Å². The molecule has 0 saturated carbocycles. The number of fused-ring (bicyclic) bond motifs is 2. The second-order valence-corrected chi connectivity index (χ2v) is 7.92. The number of carbonyl (C=O) groups excluding carboxylic acids is 2. The van der Waals surface area contributed by atoms with Gasteiger partial charge in [0.25, 0.3) is 10.0 Å². The number of nitrogens with zero attached hydrogens (tertiary/aromatic N) is 1. The Bertz CT molecular complexity index is 795. The van der Waals surface area contributed by atoms with E-state index in [1.165, 1.54) is 25.7 Å². The molecule has 3 rings (SSSR count). The zero-order valence-corrected chi connectivity index (χ0v) is 13.1. The van der Waals surface area contributed by atoms with Crippen molar-refractivity contribution < 1.29 is 18.0 Å². The van der Waals surface area contributed by atoms with E-state index in [0.717, 1.165) is 9.87 Å². The highest BCUT2D eigenvalue weighted by atomic mass is 32.2. The molecule has 5 nitrogen and oxygen atoms in total. The summed E-state index contributed by atoms with van der Waals surface area (Å²) in [5.74, 6) is -1.46. The van der Waals surface area contributed by atoms with Gasteiger partial charge in [-0.3, -0.25) is 13.9 Å². The molecule has 7 heteroatoms. The third kappa shape index (κ3) is 1.95. The van der Waals surface area contributed by atoms with Crippen LogP contribution in [0.25, 0.3) is 4.91 Å². The monoisotopic (exact) mass is 323 g/mol. The molecule has 0 fully saturated rings. The molecule has 0 saturated heterocycles. The summed E-state index contributed by atoms with van der Waals surface area (Å²) in [6.45, 7) is 1.32. The van der Waals surface area contributed by atoms with Crippen LogP contribution in [0.3, 0.4) is 0 Å². The third-order valence-electron chi connectivity index (χ3n) is 3.74. The molecule has 0 amide bonds.